The highest BCUT2D eigenvalue weighted by Gasteiger charge is 2.35. The Morgan fingerprint density at radius 1 is 0.947 bits per heavy atom. The molecule has 4 rings (SSSR count). The number of benzene rings is 3. The van der Waals surface area contributed by atoms with Crippen LogP contribution in [0.2, 0.25) is 5.02 Å². The van der Waals surface area contributed by atoms with Gasteiger partial charge in [0.2, 0.25) is 0 Å². The van der Waals surface area contributed by atoms with E-state index in [4.69, 9.17) is 44.8 Å². The standard InChI is InChI=1S/C29H32ClIO7/c1-29(12-13-35-18-38-29)15-20-24(36-16-19-8-6-5-7-9-19)14-21(30)27(34-4)25(20)26-23(33-3)11-10-22(31)28(26)37-17-32-2/h5-11,14H,12-13,15-18H2,1-4H3/t29-/m0/s1. The van der Waals surface area contributed by atoms with Crippen LogP contribution in [0.25, 0.3) is 11.1 Å². The summed E-state index contributed by atoms with van der Waals surface area (Å²) >= 11 is 9.08. The number of halogens is 2. The highest BCUT2D eigenvalue weighted by atomic mass is 127. The molecule has 0 amide bonds. The zero-order valence-corrected chi connectivity index (χ0v) is 24.9. The van der Waals surface area contributed by atoms with Gasteiger partial charge in [-0.2, -0.15) is 0 Å². The SMILES string of the molecule is COCOc1c(I)ccc(OC)c1-c1c(C[C@]2(C)CCOCO2)c(OCc2ccccc2)cc(Cl)c1OC. The van der Waals surface area contributed by atoms with Crippen molar-refractivity contribution >= 4 is 34.2 Å². The molecule has 3 aromatic carbocycles. The van der Waals surface area contributed by atoms with Gasteiger partial charge in [0.15, 0.2) is 6.79 Å². The van der Waals surface area contributed by atoms with E-state index in [2.05, 4.69) is 29.5 Å². The lowest BCUT2D eigenvalue weighted by Gasteiger charge is -2.35. The van der Waals surface area contributed by atoms with E-state index in [9.17, 15) is 0 Å². The van der Waals surface area contributed by atoms with Gasteiger partial charge in [-0.25, -0.2) is 0 Å². The van der Waals surface area contributed by atoms with Crippen LogP contribution in [-0.2, 0) is 27.2 Å². The van der Waals surface area contributed by atoms with Crippen molar-refractivity contribution in [3.63, 3.8) is 0 Å². The van der Waals surface area contributed by atoms with Crippen LogP contribution in [0, 0.1) is 3.57 Å². The Morgan fingerprint density at radius 3 is 2.39 bits per heavy atom. The molecule has 9 heteroatoms. The fourth-order valence-corrected chi connectivity index (χ4v) is 5.35. The fourth-order valence-electron chi connectivity index (χ4n) is 4.47. The molecular formula is C29H32ClIO7. The summed E-state index contributed by atoms with van der Waals surface area (Å²) in [7, 11) is 4.80. The minimum atomic E-state index is -0.501. The Balaban J connectivity index is 1.96. The maximum absolute atomic E-state index is 6.84. The summed E-state index contributed by atoms with van der Waals surface area (Å²) in [6, 6.07) is 15.6. The first-order chi connectivity index (χ1) is 18.4. The van der Waals surface area contributed by atoms with Crippen molar-refractivity contribution in [2.24, 2.45) is 0 Å². The van der Waals surface area contributed by atoms with Gasteiger partial charge in [-0.1, -0.05) is 41.9 Å². The molecule has 0 aliphatic carbocycles. The maximum atomic E-state index is 6.84. The molecule has 3 aromatic rings. The average Bonchev–Trinajstić information content (AvgIpc) is 2.93. The monoisotopic (exact) mass is 654 g/mol. The second-order valence-corrected chi connectivity index (χ2v) is 10.6. The first-order valence-corrected chi connectivity index (χ1v) is 13.6. The van der Waals surface area contributed by atoms with E-state index in [0.29, 0.717) is 59.6 Å². The number of methoxy groups -OCH3 is 3. The van der Waals surface area contributed by atoms with Crippen LogP contribution in [0.3, 0.4) is 0 Å². The zero-order chi connectivity index (χ0) is 27.1. The van der Waals surface area contributed by atoms with Crippen LogP contribution >= 0.6 is 34.2 Å². The summed E-state index contributed by atoms with van der Waals surface area (Å²) in [5, 5.41) is 0.408. The second kappa shape index (κ2) is 13.2. The predicted molar refractivity (Wildman–Crippen MR) is 155 cm³/mol. The van der Waals surface area contributed by atoms with E-state index in [0.717, 1.165) is 20.3 Å². The van der Waals surface area contributed by atoms with Crippen molar-refractivity contribution in [3.8, 4) is 34.1 Å². The van der Waals surface area contributed by atoms with Gasteiger partial charge in [0, 0.05) is 37.1 Å². The Kier molecular flexibility index (Phi) is 10.00. The number of hydrogen-bond acceptors (Lipinski definition) is 7. The van der Waals surface area contributed by atoms with Gasteiger partial charge in [0.25, 0.3) is 0 Å². The summed E-state index contributed by atoms with van der Waals surface area (Å²) < 4.78 is 42.0. The summed E-state index contributed by atoms with van der Waals surface area (Å²) in [6.45, 7) is 3.34. The van der Waals surface area contributed by atoms with Gasteiger partial charge in [-0.3, -0.25) is 0 Å². The second-order valence-electron chi connectivity index (χ2n) is 9.07. The summed E-state index contributed by atoms with van der Waals surface area (Å²) in [5.41, 5.74) is 2.83. The van der Waals surface area contributed by atoms with Crippen LogP contribution in [0.1, 0.15) is 24.5 Å². The van der Waals surface area contributed by atoms with Crippen LogP contribution < -0.4 is 18.9 Å². The lowest BCUT2D eigenvalue weighted by Crippen LogP contribution is -2.38. The molecule has 204 valence electrons. The summed E-state index contributed by atoms with van der Waals surface area (Å²) in [4.78, 5) is 0. The quantitative estimate of drug-likeness (QED) is 0.165. The third-order valence-corrected chi connectivity index (χ3v) is 7.55. The molecule has 0 saturated carbocycles. The summed E-state index contributed by atoms with van der Waals surface area (Å²) in [5.74, 6) is 2.32. The van der Waals surface area contributed by atoms with Gasteiger partial charge < -0.3 is 33.2 Å². The molecule has 0 N–H and O–H groups in total. The largest absolute Gasteiger partial charge is 0.496 e. The van der Waals surface area contributed by atoms with E-state index in [1.54, 1.807) is 27.4 Å². The van der Waals surface area contributed by atoms with E-state index in [1.807, 2.05) is 42.5 Å². The number of hydrogen-bond donors (Lipinski definition) is 0. The van der Waals surface area contributed by atoms with Crippen LogP contribution in [-0.4, -0.2) is 47.1 Å². The predicted octanol–water partition coefficient (Wildman–Crippen LogP) is 6.89. The molecular weight excluding hydrogens is 623 g/mol. The minimum absolute atomic E-state index is 0.0594. The zero-order valence-electron chi connectivity index (χ0n) is 22.0. The van der Waals surface area contributed by atoms with Crippen LogP contribution in [0.15, 0.2) is 48.5 Å². The van der Waals surface area contributed by atoms with Crippen molar-refractivity contribution in [2.45, 2.75) is 32.0 Å². The first-order valence-electron chi connectivity index (χ1n) is 12.2. The molecule has 7 nitrogen and oxygen atoms in total. The smallest absolute Gasteiger partial charge is 0.188 e. The first kappa shape index (κ1) is 28.8. The maximum Gasteiger partial charge on any atom is 0.188 e. The fraction of sp³-hybridized carbons (Fsp3) is 0.379. The molecule has 0 radical (unpaired) electrons. The van der Waals surface area contributed by atoms with Crippen molar-refractivity contribution in [1.29, 1.82) is 0 Å². The minimum Gasteiger partial charge on any atom is -0.496 e. The molecule has 38 heavy (non-hydrogen) atoms. The van der Waals surface area contributed by atoms with Gasteiger partial charge in [0.05, 0.1) is 40.6 Å². The summed E-state index contributed by atoms with van der Waals surface area (Å²) in [6.07, 6.45) is 1.23. The topological polar surface area (TPSA) is 64.6 Å². The molecule has 0 aromatic heterocycles. The highest BCUT2D eigenvalue weighted by molar-refractivity contribution is 14.1. The average molecular weight is 655 g/mol. The molecule has 1 aliphatic heterocycles. The third kappa shape index (κ3) is 6.48. The molecule has 1 heterocycles. The van der Waals surface area contributed by atoms with Gasteiger partial charge in [0.1, 0.15) is 36.4 Å². The van der Waals surface area contributed by atoms with E-state index < -0.39 is 5.60 Å². The molecule has 0 spiro atoms. The molecule has 0 unspecified atom stereocenters. The van der Waals surface area contributed by atoms with Crippen molar-refractivity contribution in [2.75, 3.05) is 41.5 Å². The van der Waals surface area contributed by atoms with E-state index in [1.165, 1.54) is 0 Å². The Morgan fingerprint density at radius 2 is 1.74 bits per heavy atom. The van der Waals surface area contributed by atoms with Gasteiger partial charge in [-0.15, -0.1) is 0 Å². The third-order valence-electron chi connectivity index (χ3n) is 6.42. The lowest BCUT2D eigenvalue weighted by molar-refractivity contribution is -0.185. The van der Waals surface area contributed by atoms with Crippen molar-refractivity contribution in [3.05, 3.63) is 68.3 Å². The number of rotatable bonds is 11. The van der Waals surface area contributed by atoms with Crippen molar-refractivity contribution in [1.82, 2.24) is 0 Å². The van der Waals surface area contributed by atoms with Crippen LogP contribution in [0.5, 0.6) is 23.0 Å². The normalized spacial score (nSPS) is 17.2. The molecule has 1 saturated heterocycles. The number of ether oxygens (including phenoxy) is 7. The Bertz CT molecular complexity index is 1230. The molecule has 1 fully saturated rings. The van der Waals surface area contributed by atoms with Crippen molar-refractivity contribution < 1.29 is 33.2 Å². The van der Waals surface area contributed by atoms with Gasteiger partial charge in [-0.05, 0) is 47.2 Å². The highest BCUT2D eigenvalue weighted by Crippen LogP contribution is 2.52. The lowest BCUT2D eigenvalue weighted by atomic mass is 9.86. The van der Waals surface area contributed by atoms with Crippen LogP contribution in [0.4, 0.5) is 0 Å². The molecule has 0 bridgehead atoms. The van der Waals surface area contributed by atoms with Gasteiger partial charge >= 0.3 is 0 Å². The van der Waals surface area contributed by atoms with E-state index >= 15 is 0 Å². The Labute approximate surface area is 242 Å². The Hall–Kier alpha value is -2.24. The van der Waals surface area contributed by atoms with E-state index in [-0.39, 0.29) is 13.6 Å². The molecule has 1 atom stereocenters. The molecule has 1 aliphatic rings.